The van der Waals surface area contributed by atoms with Gasteiger partial charge >= 0.3 is 0 Å². The van der Waals surface area contributed by atoms with Crippen LogP contribution in [0.2, 0.25) is 0 Å². The van der Waals surface area contributed by atoms with Crippen molar-refractivity contribution in [3.05, 3.63) is 18.2 Å². The summed E-state index contributed by atoms with van der Waals surface area (Å²) in [6.07, 6.45) is 2.57. The average molecular weight is 149 g/mol. The smallest absolute Gasteiger partial charge is 0.205 e. The zero-order valence-electron chi connectivity index (χ0n) is 5.78. The normalized spacial score (nSPS) is 8.45. The van der Waals surface area contributed by atoms with Crippen LogP contribution in [0.1, 0.15) is 5.82 Å². The van der Waals surface area contributed by atoms with E-state index in [-0.39, 0.29) is 12.3 Å². The molecule has 1 rings (SSSR count). The minimum absolute atomic E-state index is 0.0308. The molecule has 4 heteroatoms. The lowest BCUT2D eigenvalue weighted by Crippen LogP contribution is -1.94. The summed E-state index contributed by atoms with van der Waals surface area (Å²) in [5.41, 5.74) is 5.13. The molecule has 11 heavy (non-hydrogen) atoms. The number of hydrogen-bond acceptors (Lipinski definition) is 4. The highest BCUT2D eigenvalue weighted by atomic mass is 16.3. The van der Waals surface area contributed by atoms with Gasteiger partial charge in [0.25, 0.3) is 0 Å². The topological polar surface area (TPSA) is 72.0 Å². The number of nitrogens with zero attached hydrogens (tertiary/aromatic N) is 2. The fourth-order valence-electron chi connectivity index (χ4n) is 0.516. The summed E-state index contributed by atoms with van der Waals surface area (Å²) >= 11 is 0. The quantitative estimate of drug-likeness (QED) is 0.487. The average Bonchev–Trinajstić information content (AvgIpc) is 2.04. The van der Waals surface area contributed by atoms with E-state index < -0.39 is 0 Å². The molecule has 4 nitrogen and oxygen atoms in total. The SMILES string of the molecule is NCC#Cc1ncc(O)cn1. The third-order valence-corrected chi connectivity index (χ3v) is 0.940. The van der Waals surface area contributed by atoms with Gasteiger partial charge in [0.15, 0.2) is 5.75 Å². The fraction of sp³-hybridized carbons (Fsp3) is 0.143. The predicted octanol–water partition coefficient (Wildman–Crippen LogP) is -0.508. The maximum atomic E-state index is 8.78. The van der Waals surface area contributed by atoms with Gasteiger partial charge in [-0.15, -0.1) is 0 Å². The molecule has 0 atom stereocenters. The number of aromatic nitrogens is 2. The summed E-state index contributed by atoms with van der Waals surface area (Å²) in [4.78, 5) is 7.45. The Labute approximate surface area is 64.1 Å². The highest BCUT2D eigenvalue weighted by Crippen LogP contribution is 2.00. The van der Waals surface area contributed by atoms with Crippen LogP contribution < -0.4 is 5.73 Å². The molecule has 1 aromatic heterocycles. The number of nitrogens with two attached hydrogens (primary N) is 1. The van der Waals surface area contributed by atoms with Crippen LogP contribution in [-0.2, 0) is 0 Å². The van der Waals surface area contributed by atoms with Gasteiger partial charge in [0.1, 0.15) is 0 Å². The fourth-order valence-corrected chi connectivity index (χ4v) is 0.516. The molecular formula is C7H7N3O. The lowest BCUT2D eigenvalue weighted by molar-refractivity contribution is 0.469. The molecule has 0 fully saturated rings. The van der Waals surface area contributed by atoms with Crippen LogP contribution in [0, 0.1) is 11.8 Å². The van der Waals surface area contributed by atoms with E-state index in [1.807, 2.05) is 0 Å². The molecule has 0 aromatic carbocycles. The standard InChI is InChI=1S/C7H7N3O/c8-3-1-2-7-9-4-6(11)5-10-7/h4-5,11H,3,8H2. The second-order valence-electron chi connectivity index (χ2n) is 1.77. The Morgan fingerprint density at radius 2 is 2.09 bits per heavy atom. The van der Waals surface area contributed by atoms with Gasteiger partial charge in [-0.1, -0.05) is 5.92 Å². The van der Waals surface area contributed by atoms with E-state index in [9.17, 15) is 0 Å². The Hall–Kier alpha value is -1.60. The van der Waals surface area contributed by atoms with Crippen LogP contribution in [0.5, 0.6) is 5.75 Å². The molecule has 0 bridgehead atoms. The highest BCUT2D eigenvalue weighted by Gasteiger charge is 1.88. The van der Waals surface area contributed by atoms with Gasteiger partial charge in [-0.05, 0) is 5.92 Å². The van der Waals surface area contributed by atoms with Crippen molar-refractivity contribution in [1.82, 2.24) is 9.97 Å². The monoisotopic (exact) mass is 149 g/mol. The largest absolute Gasteiger partial charge is 0.505 e. The van der Waals surface area contributed by atoms with E-state index >= 15 is 0 Å². The van der Waals surface area contributed by atoms with Crippen molar-refractivity contribution in [2.45, 2.75) is 0 Å². The molecule has 1 heterocycles. The molecule has 0 saturated carbocycles. The Morgan fingerprint density at radius 3 is 2.64 bits per heavy atom. The van der Waals surface area contributed by atoms with E-state index in [4.69, 9.17) is 10.8 Å². The van der Waals surface area contributed by atoms with Crippen LogP contribution in [0.4, 0.5) is 0 Å². The third-order valence-electron chi connectivity index (χ3n) is 0.940. The van der Waals surface area contributed by atoms with Crippen LogP contribution in [-0.4, -0.2) is 21.6 Å². The first-order valence-corrected chi connectivity index (χ1v) is 3.03. The zero-order valence-corrected chi connectivity index (χ0v) is 5.78. The first-order chi connectivity index (χ1) is 5.33. The number of rotatable bonds is 0. The van der Waals surface area contributed by atoms with Gasteiger partial charge in [0.05, 0.1) is 18.9 Å². The maximum absolute atomic E-state index is 8.78. The molecule has 0 aliphatic carbocycles. The Morgan fingerprint density at radius 1 is 1.45 bits per heavy atom. The third kappa shape index (κ3) is 2.24. The summed E-state index contributed by atoms with van der Waals surface area (Å²) < 4.78 is 0. The summed E-state index contributed by atoms with van der Waals surface area (Å²) in [5.74, 6) is 5.62. The van der Waals surface area contributed by atoms with Crippen molar-refractivity contribution in [2.75, 3.05) is 6.54 Å². The summed E-state index contributed by atoms with van der Waals surface area (Å²) in [6, 6.07) is 0. The number of hydrogen-bond donors (Lipinski definition) is 2. The summed E-state index contributed by atoms with van der Waals surface area (Å²) in [6.45, 7) is 0.282. The van der Waals surface area contributed by atoms with Crippen molar-refractivity contribution in [1.29, 1.82) is 0 Å². The van der Waals surface area contributed by atoms with Crippen LogP contribution in [0.3, 0.4) is 0 Å². The highest BCUT2D eigenvalue weighted by molar-refractivity contribution is 5.22. The van der Waals surface area contributed by atoms with Gasteiger partial charge in [-0.25, -0.2) is 9.97 Å². The van der Waals surface area contributed by atoms with Crippen molar-refractivity contribution in [2.24, 2.45) is 5.73 Å². The summed E-state index contributed by atoms with van der Waals surface area (Å²) in [7, 11) is 0. The van der Waals surface area contributed by atoms with Gasteiger partial charge in [-0.2, -0.15) is 0 Å². The van der Waals surface area contributed by atoms with E-state index in [0.29, 0.717) is 5.82 Å². The van der Waals surface area contributed by atoms with Gasteiger partial charge < -0.3 is 10.8 Å². The molecule has 0 saturated heterocycles. The molecule has 1 aromatic rings. The minimum Gasteiger partial charge on any atom is -0.505 e. The first kappa shape index (κ1) is 7.51. The molecule has 56 valence electrons. The lowest BCUT2D eigenvalue weighted by atomic mass is 10.5. The van der Waals surface area contributed by atoms with E-state index in [0.717, 1.165) is 0 Å². The van der Waals surface area contributed by atoms with Crippen molar-refractivity contribution >= 4 is 0 Å². The Kier molecular flexibility index (Phi) is 2.42. The van der Waals surface area contributed by atoms with Crippen LogP contribution >= 0.6 is 0 Å². The van der Waals surface area contributed by atoms with Gasteiger partial charge in [0.2, 0.25) is 5.82 Å². The van der Waals surface area contributed by atoms with E-state index in [1.54, 1.807) is 0 Å². The second kappa shape index (κ2) is 3.54. The van der Waals surface area contributed by atoms with E-state index in [1.165, 1.54) is 12.4 Å². The molecule has 3 N–H and O–H groups in total. The maximum Gasteiger partial charge on any atom is 0.205 e. The molecule has 0 radical (unpaired) electrons. The number of aromatic hydroxyl groups is 1. The zero-order chi connectivity index (χ0) is 8.10. The molecule has 0 spiro atoms. The predicted molar refractivity (Wildman–Crippen MR) is 39.6 cm³/mol. The van der Waals surface area contributed by atoms with Gasteiger partial charge in [0, 0.05) is 0 Å². The summed E-state index contributed by atoms with van der Waals surface area (Å²) in [5, 5.41) is 8.78. The molecule has 0 amide bonds. The van der Waals surface area contributed by atoms with Crippen molar-refractivity contribution in [3.63, 3.8) is 0 Å². The molecule has 0 unspecified atom stereocenters. The van der Waals surface area contributed by atoms with Gasteiger partial charge in [-0.3, -0.25) is 0 Å². The second-order valence-corrected chi connectivity index (χ2v) is 1.77. The lowest BCUT2D eigenvalue weighted by Gasteiger charge is -1.88. The minimum atomic E-state index is 0.0308. The van der Waals surface area contributed by atoms with Crippen LogP contribution in [0.15, 0.2) is 12.4 Å². The Balaban J connectivity index is 2.82. The van der Waals surface area contributed by atoms with Crippen LogP contribution in [0.25, 0.3) is 0 Å². The Bertz CT molecular complexity index is 283. The first-order valence-electron chi connectivity index (χ1n) is 3.03. The van der Waals surface area contributed by atoms with Crippen molar-refractivity contribution in [3.8, 4) is 17.6 Å². The molecule has 0 aliphatic heterocycles. The van der Waals surface area contributed by atoms with Crippen molar-refractivity contribution < 1.29 is 5.11 Å². The molecular weight excluding hydrogens is 142 g/mol. The van der Waals surface area contributed by atoms with E-state index in [2.05, 4.69) is 21.8 Å². The molecule has 0 aliphatic rings.